The van der Waals surface area contributed by atoms with Crippen LogP contribution < -0.4 is 5.32 Å². The lowest BCUT2D eigenvalue weighted by atomic mass is 9.88. The van der Waals surface area contributed by atoms with Crippen molar-refractivity contribution in [3.63, 3.8) is 0 Å². The first-order chi connectivity index (χ1) is 7.77. The van der Waals surface area contributed by atoms with Gasteiger partial charge in [-0.05, 0) is 25.7 Å². The number of hydrogen-bond acceptors (Lipinski definition) is 1. The molecule has 0 aromatic rings. The van der Waals surface area contributed by atoms with Gasteiger partial charge in [-0.25, -0.2) is 0 Å². The first-order valence-electron chi connectivity index (χ1n) is 7.08. The molecule has 0 saturated heterocycles. The van der Waals surface area contributed by atoms with Gasteiger partial charge in [0.15, 0.2) is 0 Å². The van der Waals surface area contributed by atoms with E-state index in [2.05, 4.69) is 19.2 Å². The van der Waals surface area contributed by atoms with Crippen LogP contribution in [-0.4, -0.2) is 11.9 Å². The molecular weight excluding hydrogens is 198 g/mol. The van der Waals surface area contributed by atoms with Crippen LogP contribution in [0.15, 0.2) is 0 Å². The lowest BCUT2D eigenvalue weighted by Crippen LogP contribution is -2.39. The fourth-order valence-corrected chi connectivity index (χ4v) is 2.67. The van der Waals surface area contributed by atoms with Crippen LogP contribution in [-0.2, 0) is 4.79 Å². The van der Waals surface area contributed by atoms with Gasteiger partial charge in [-0.15, -0.1) is 0 Å². The zero-order chi connectivity index (χ0) is 11.8. The molecule has 1 N–H and O–H groups in total. The minimum absolute atomic E-state index is 0.310. The Morgan fingerprint density at radius 3 is 2.19 bits per heavy atom. The molecule has 1 amide bonds. The molecule has 0 heterocycles. The Bertz CT molecular complexity index is 191. The average molecular weight is 225 g/mol. The highest BCUT2D eigenvalue weighted by Gasteiger charge is 2.22. The molecule has 0 spiro atoms. The van der Waals surface area contributed by atoms with Crippen molar-refractivity contribution in [1.29, 1.82) is 0 Å². The molecule has 1 rings (SSSR count). The molecule has 16 heavy (non-hydrogen) atoms. The van der Waals surface area contributed by atoms with E-state index in [4.69, 9.17) is 0 Å². The molecule has 94 valence electrons. The second kappa shape index (κ2) is 7.70. The van der Waals surface area contributed by atoms with Gasteiger partial charge in [-0.1, -0.05) is 46.0 Å². The highest BCUT2D eigenvalue weighted by Crippen LogP contribution is 2.24. The highest BCUT2D eigenvalue weighted by molar-refractivity contribution is 5.78. The summed E-state index contributed by atoms with van der Waals surface area (Å²) in [6.45, 7) is 4.38. The summed E-state index contributed by atoms with van der Waals surface area (Å²) in [5, 5.41) is 3.25. The summed E-state index contributed by atoms with van der Waals surface area (Å²) in [4.78, 5) is 12.0. The van der Waals surface area contributed by atoms with Crippen molar-refractivity contribution in [3.8, 4) is 0 Å². The topological polar surface area (TPSA) is 29.1 Å². The van der Waals surface area contributed by atoms with Crippen LogP contribution in [0.3, 0.4) is 0 Å². The quantitative estimate of drug-likeness (QED) is 0.734. The Kier molecular flexibility index (Phi) is 6.51. The number of amides is 1. The van der Waals surface area contributed by atoms with Gasteiger partial charge < -0.3 is 5.32 Å². The van der Waals surface area contributed by atoms with Crippen LogP contribution in [0.4, 0.5) is 0 Å². The monoisotopic (exact) mass is 225 g/mol. The number of rotatable bonds is 6. The molecule has 0 radical (unpaired) electrons. The van der Waals surface area contributed by atoms with E-state index in [1.807, 2.05) is 0 Å². The summed E-state index contributed by atoms with van der Waals surface area (Å²) >= 11 is 0. The summed E-state index contributed by atoms with van der Waals surface area (Å²) < 4.78 is 0. The fourth-order valence-electron chi connectivity index (χ4n) is 2.67. The predicted molar refractivity (Wildman–Crippen MR) is 68.3 cm³/mol. The number of carbonyl (C=O) groups is 1. The maximum Gasteiger partial charge on any atom is 0.223 e. The van der Waals surface area contributed by atoms with Crippen LogP contribution in [0.2, 0.25) is 0 Å². The van der Waals surface area contributed by atoms with E-state index in [9.17, 15) is 4.79 Å². The minimum Gasteiger partial charge on any atom is -0.353 e. The summed E-state index contributed by atoms with van der Waals surface area (Å²) in [7, 11) is 0. The van der Waals surface area contributed by atoms with Crippen molar-refractivity contribution in [1.82, 2.24) is 5.32 Å². The second-order valence-corrected chi connectivity index (χ2v) is 5.12. The Labute approximate surface area is 100 Å². The third kappa shape index (κ3) is 4.54. The summed E-state index contributed by atoms with van der Waals surface area (Å²) in [6, 6.07) is 0.421. The molecule has 0 atom stereocenters. The molecule has 1 saturated carbocycles. The Morgan fingerprint density at radius 1 is 1.12 bits per heavy atom. The summed E-state index contributed by atoms with van der Waals surface area (Å²) in [5.74, 6) is 0.636. The van der Waals surface area contributed by atoms with Gasteiger partial charge in [0.1, 0.15) is 0 Å². The van der Waals surface area contributed by atoms with Gasteiger partial charge in [0, 0.05) is 12.0 Å². The van der Waals surface area contributed by atoms with Crippen LogP contribution in [0.1, 0.15) is 71.6 Å². The summed E-state index contributed by atoms with van der Waals surface area (Å²) in [6.07, 6.45) is 10.6. The molecule has 1 fully saturated rings. The highest BCUT2D eigenvalue weighted by atomic mass is 16.1. The van der Waals surface area contributed by atoms with Gasteiger partial charge in [0.2, 0.25) is 5.91 Å². The van der Waals surface area contributed by atoms with Crippen molar-refractivity contribution < 1.29 is 4.79 Å². The molecule has 0 unspecified atom stereocenters. The minimum atomic E-state index is 0.310. The zero-order valence-corrected chi connectivity index (χ0v) is 10.9. The van der Waals surface area contributed by atoms with Crippen molar-refractivity contribution in [2.75, 3.05) is 0 Å². The van der Waals surface area contributed by atoms with E-state index < -0.39 is 0 Å². The Balaban J connectivity index is 2.33. The van der Waals surface area contributed by atoms with E-state index in [0.29, 0.717) is 17.9 Å². The normalized spacial score (nSPS) is 17.7. The smallest absolute Gasteiger partial charge is 0.223 e. The standard InChI is InChI=1S/C14H27NO/c1-3-8-13(9-4-2)15-14(16)12-10-6-5-7-11-12/h12-13H,3-11H2,1-2H3,(H,15,16). The van der Waals surface area contributed by atoms with E-state index in [0.717, 1.165) is 38.5 Å². The molecule has 0 aromatic heterocycles. The lowest BCUT2D eigenvalue weighted by molar-refractivity contribution is -0.126. The fraction of sp³-hybridized carbons (Fsp3) is 0.929. The van der Waals surface area contributed by atoms with E-state index in [1.54, 1.807) is 0 Å². The Hall–Kier alpha value is -0.530. The second-order valence-electron chi connectivity index (χ2n) is 5.12. The lowest BCUT2D eigenvalue weighted by Gasteiger charge is -2.24. The van der Waals surface area contributed by atoms with Crippen molar-refractivity contribution in [2.45, 2.75) is 77.7 Å². The van der Waals surface area contributed by atoms with Gasteiger partial charge in [-0.3, -0.25) is 4.79 Å². The molecule has 1 aliphatic rings. The third-order valence-electron chi connectivity index (χ3n) is 3.60. The molecule has 2 heteroatoms. The van der Waals surface area contributed by atoms with Gasteiger partial charge >= 0.3 is 0 Å². The van der Waals surface area contributed by atoms with Crippen molar-refractivity contribution in [3.05, 3.63) is 0 Å². The maximum absolute atomic E-state index is 12.0. The van der Waals surface area contributed by atoms with Crippen LogP contribution in [0.25, 0.3) is 0 Å². The largest absolute Gasteiger partial charge is 0.353 e. The average Bonchev–Trinajstić information content (AvgIpc) is 2.31. The van der Waals surface area contributed by atoms with Gasteiger partial charge in [0.25, 0.3) is 0 Å². The number of hydrogen-bond donors (Lipinski definition) is 1. The first kappa shape index (κ1) is 13.5. The number of carbonyl (C=O) groups excluding carboxylic acids is 1. The SMILES string of the molecule is CCCC(CCC)NC(=O)C1CCCCC1. The van der Waals surface area contributed by atoms with E-state index in [-0.39, 0.29) is 0 Å². The molecular formula is C14H27NO. The molecule has 0 bridgehead atoms. The van der Waals surface area contributed by atoms with E-state index in [1.165, 1.54) is 19.3 Å². The van der Waals surface area contributed by atoms with Crippen molar-refractivity contribution >= 4 is 5.91 Å². The Morgan fingerprint density at radius 2 is 1.69 bits per heavy atom. The van der Waals surface area contributed by atoms with Crippen LogP contribution >= 0.6 is 0 Å². The maximum atomic E-state index is 12.0. The predicted octanol–water partition coefficient (Wildman–Crippen LogP) is 3.65. The molecule has 1 aliphatic carbocycles. The first-order valence-corrected chi connectivity index (χ1v) is 7.08. The van der Waals surface area contributed by atoms with Crippen LogP contribution in [0, 0.1) is 5.92 Å². The third-order valence-corrected chi connectivity index (χ3v) is 3.60. The molecule has 0 aromatic carbocycles. The summed E-state index contributed by atoms with van der Waals surface area (Å²) in [5.41, 5.74) is 0. The number of nitrogens with one attached hydrogen (secondary N) is 1. The van der Waals surface area contributed by atoms with Crippen LogP contribution in [0.5, 0.6) is 0 Å². The van der Waals surface area contributed by atoms with Gasteiger partial charge in [-0.2, -0.15) is 0 Å². The van der Waals surface area contributed by atoms with E-state index >= 15 is 0 Å². The van der Waals surface area contributed by atoms with Gasteiger partial charge in [0.05, 0.1) is 0 Å². The van der Waals surface area contributed by atoms with Crippen molar-refractivity contribution in [2.24, 2.45) is 5.92 Å². The molecule has 0 aliphatic heterocycles. The molecule has 2 nitrogen and oxygen atoms in total. The zero-order valence-electron chi connectivity index (χ0n) is 10.9.